The van der Waals surface area contributed by atoms with Crippen LogP contribution in [0.2, 0.25) is 0 Å². The molecule has 7 heteroatoms. The van der Waals surface area contributed by atoms with Crippen LogP contribution in [-0.2, 0) is 18.6 Å². The fourth-order valence-corrected chi connectivity index (χ4v) is 6.00. The monoisotopic (exact) mass is 494 g/mol. The average Bonchev–Trinajstić information content (AvgIpc) is 3.66. The molecule has 37 heavy (non-hydrogen) atoms. The lowest BCUT2D eigenvalue weighted by atomic mass is 9.65. The molecular weight excluding hydrogens is 460 g/mol. The van der Waals surface area contributed by atoms with E-state index in [4.69, 9.17) is 4.74 Å². The van der Waals surface area contributed by atoms with Gasteiger partial charge in [0, 0.05) is 23.2 Å². The molecule has 190 valence electrons. The smallest absolute Gasteiger partial charge is 0.182 e. The Hall–Kier alpha value is -3.58. The summed E-state index contributed by atoms with van der Waals surface area (Å²) in [5, 5.41) is 16.1. The molecule has 6 rings (SSSR count). The maximum absolute atomic E-state index is 6.00. The number of nitrogens with zero attached hydrogens (tertiary/aromatic N) is 5. The lowest BCUT2D eigenvalue weighted by Crippen LogP contribution is -2.30. The minimum absolute atomic E-state index is 0.0238. The van der Waals surface area contributed by atoms with Crippen LogP contribution in [0.3, 0.4) is 0 Å². The molecular formula is C30H34N6O. The second kappa shape index (κ2) is 10.8. The Morgan fingerprint density at radius 2 is 1.68 bits per heavy atom. The quantitative estimate of drug-likeness (QED) is 0.357. The first kappa shape index (κ1) is 23.8. The van der Waals surface area contributed by atoms with Gasteiger partial charge in [0.15, 0.2) is 5.82 Å². The first-order valence-electron chi connectivity index (χ1n) is 13.5. The van der Waals surface area contributed by atoms with Gasteiger partial charge in [-0.15, -0.1) is 5.10 Å². The molecule has 0 radical (unpaired) electrons. The van der Waals surface area contributed by atoms with E-state index in [1.807, 2.05) is 22.9 Å². The van der Waals surface area contributed by atoms with Crippen molar-refractivity contribution in [2.45, 2.75) is 69.6 Å². The average molecular weight is 495 g/mol. The van der Waals surface area contributed by atoms with Crippen molar-refractivity contribution in [3.8, 4) is 17.1 Å². The number of hydrogen-bond donors (Lipinski definition) is 1. The Balaban J connectivity index is 1.22. The molecule has 1 atom stereocenters. The van der Waals surface area contributed by atoms with Gasteiger partial charge < -0.3 is 10.1 Å². The van der Waals surface area contributed by atoms with Gasteiger partial charge in [0.2, 0.25) is 0 Å². The molecule has 1 saturated heterocycles. The zero-order valence-electron chi connectivity index (χ0n) is 21.2. The highest BCUT2D eigenvalue weighted by Crippen LogP contribution is 2.45. The van der Waals surface area contributed by atoms with Crippen LogP contribution in [0.25, 0.3) is 11.4 Å². The minimum Gasteiger partial charge on any atom is -0.487 e. The third-order valence-corrected chi connectivity index (χ3v) is 8.01. The second-order valence-electron chi connectivity index (χ2n) is 10.3. The number of ether oxygens (including phenoxy) is 1. The third kappa shape index (κ3) is 5.14. The highest BCUT2D eigenvalue weighted by atomic mass is 16.5. The lowest BCUT2D eigenvalue weighted by Gasteiger charge is -2.39. The fraction of sp³-hybridized carbons (Fsp3) is 0.400. The molecule has 4 aromatic rings. The van der Waals surface area contributed by atoms with E-state index in [2.05, 4.69) is 74.4 Å². The molecule has 0 spiro atoms. The zero-order chi connectivity index (χ0) is 24.9. The molecule has 1 aliphatic heterocycles. The predicted octanol–water partition coefficient (Wildman–Crippen LogP) is 5.32. The number of tetrazole rings is 1. The number of hydrogen-bond acceptors (Lipinski definition) is 6. The van der Waals surface area contributed by atoms with Gasteiger partial charge in [-0.1, -0.05) is 61.7 Å². The van der Waals surface area contributed by atoms with E-state index in [0.29, 0.717) is 12.6 Å². The largest absolute Gasteiger partial charge is 0.487 e. The summed E-state index contributed by atoms with van der Waals surface area (Å²) in [6, 6.07) is 24.0. The van der Waals surface area contributed by atoms with Gasteiger partial charge >= 0.3 is 0 Å². The van der Waals surface area contributed by atoms with Gasteiger partial charge in [-0.25, -0.2) is 4.68 Å². The van der Waals surface area contributed by atoms with E-state index >= 15 is 0 Å². The summed E-state index contributed by atoms with van der Waals surface area (Å²) in [4.78, 5) is 4.35. The zero-order valence-corrected chi connectivity index (χ0v) is 21.2. The summed E-state index contributed by atoms with van der Waals surface area (Å²) in [5.74, 6) is 1.71. The molecule has 0 amide bonds. The molecule has 1 N–H and O–H groups in total. The van der Waals surface area contributed by atoms with Crippen LogP contribution >= 0.6 is 0 Å². The first-order chi connectivity index (χ1) is 18.3. The van der Waals surface area contributed by atoms with E-state index in [1.54, 1.807) is 6.20 Å². The predicted molar refractivity (Wildman–Crippen MR) is 143 cm³/mol. The Morgan fingerprint density at radius 1 is 0.892 bits per heavy atom. The molecule has 0 unspecified atom stereocenters. The summed E-state index contributed by atoms with van der Waals surface area (Å²) in [6.45, 7) is 2.36. The van der Waals surface area contributed by atoms with Gasteiger partial charge in [-0.2, -0.15) is 0 Å². The molecule has 2 fully saturated rings. The maximum Gasteiger partial charge on any atom is 0.182 e. The van der Waals surface area contributed by atoms with Crippen molar-refractivity contribution >= 4 is 0 Å². The van der Waals surface area contributed by atoms with Crippen molar-refractivity contribution in [1.29, 1.82) is 0 Å². The van der Waals surface area contributed by atoms with E-state index in [1.165, 1.54) is 43.2 Å². The molecule has 1 aliphatic carbocycles. The molecule has 0 bridgehead atoms. The summed E-state index contributed by atoms with van der Waals surface area (Å²) in [6.07, 6.45) is 10.3. The van der Waals surface area contributed by atoms with E-state index < -0.39 is 0 Å². The Morgan fingerprint density at radius 3 is 2.38 bits per heavy atom. The van der Waals surface area contributed by atoms with E-state index in [-0.39, 0.29) is 5.41 Å². The van der Waals surface area contributed by atoms with Crippen molar-refractivity contribution < 1.29 is 4.74 Å². The van der Waals surface area contributed by atoms with Crippen molar-refractivity contribution in [3.63, 3.8) is 0 Å². The lowest BCUT2D eigenvalue weighted by molar-refractivity contribution is 0.300. The highest BCUT2D eigenvalue weighted by molar-refractivity contribution is 5.56. The van der Waals surface area contributed by atoms with Crippen LogP contribution in [-0.4, -0.2) is 37.8 Å². The molecule has 2 aromatic heterocycles. The van der Waals surface area contributed by atoms with Crippen LogP contribution in [0.4, 0.5) is 0 Å². The van der Waals surface area contributed by atoms with Crippen molar-refractivity contribution in [2.75, 3.05) is 6.54 Å². The Labute approximate surface area is 218 Å². The molecule has 3 heterocycles. The van der Waals surface area contributed by atoms with Crippen molar-refractivity contribution in [1.82, 2.24) is 30.5 Å². The van der Waals surface area contributed by atoms with Gasteiger partial charge in [0.1, 0.15) is 12.4 Å². The standard InChI is InChI=1S/C30H34N6O/c1-3-17-30(18-4-1,25-13-15-28(16-14-25)37-22-27-7-2-5-19-32-27)24-11-9-23(10-12-24)29-33-34-35-36(29)21-26-8-6-20-31-26/h2,5,7,9-16,19,26,31H,1,3-4,6,8,17-18,20-22H2/t26-/m0/s1. The second-order valence-corrected chi connectivity index (χ2v) is 10.3. The van der Waals surface area contributed by atoms with Gasteiger partial charge in [0.05, 0.1) is 12.2 Å². The van der Waals surface area contributed by atoms with Crippen LogP contribution in [0.1, 0.15) is 61.8 Å². The molecule has 2 aliphatic rings. The summed E-state index contributed by atoms with van der Waals surface area (Å²) >= 11 is 0. The summed E-state index contributed by atoms with van der Waals surface area (Å²) < 4.78 is 7.94. The van der Waals surface area contributed by atoms with Gasteiger partial charge in [0.25, 0.3) is 0 Å². The summed E-state index contributed by atoms with van der Waals surface area (Å²) in [5.41, 5.74) is 4.75. The minimum atomic E-state index is 0.0238. The number of benzene rings is 2. The maximum atomic E-state index is 6.00. The van der Waals surface area contributed by atoms with Crippen molar-refractivity contribution in [3.05, 3.63) is 89.7 Å². The normalized spacial score (nSPS) is 19.1. The van der Waals surface area contributed by atoms with Crippen LogP contribution in [0.5, 0.6) is 5.75 Å². The van der Waals surface area contributed by atoms with E-state index in [0.717, 1.165) is 48.8 Å². The van der Waals surface area contributed by atoms with E-state index in [9.17, 15) is 0 Å². The van der Waals surface area contributed by atoms with Gasteiger partial charge in [-0.05, 0) is 78.0 Å². The first-order valence-corrected chi connectivity index (χ1v) is 13.5. The SMILES string of the molecule is c1ccc(COc2ccc(C3(c4ccc(-c5nnnn5C[C@@H]5CCCN5)cc4)CCCCC3)cc2)nc1. The van der Waals surface area contributed by atoms with Crippen LogP contribution in [0.15, 0.2) is 72.9 Å². The molecule has 2 aromatic carbocycles. The summed E-state index contributed by atoms with van der Waals surface area (Å²) in [7, 11) is 0. The van der Waals surface area contributed by atoms with Crippen LogP contribution < -0.4 is 10.1 Å². The number of pyridine rings is 1. The Kier molecular flexibility index (Phi) is 6.95. The number of rotatable bonds is 8. The molecule has 1 saturated carbocycles. The van der Waals surface area contributed by atoms with Crippen molar-refractivity contribution in [2.24, 2.45) is 0 Å². The van der Waals surface area contributed by atoms with Gasteiger partial charge in [-0.3, -0.25) is 4.98 Å². The number of aromatic nitrogens is 5. The third-order valence-electron chi connectivity index (χ3n) is 8.01. The highest BCUT2D eigenvalue weighted by Gasteiger charge is 2.35. The fourth-order valence-electron chi connectivity index (χ4n) is 6.00. The van der Waals surface area contributed by atoms with Crippen LogP contribution in [0, 0.1) is 0 Å². The Bertz CT molecular complexity index is 1270. The topological polar surface area (TPSA) is 77.8 Å². The number of nitrogens with one attached hydrogen (secondary N) is 1. The molecule has 7 nitrogen and oxygen atoms in total.